The predicted octanol–water partition coefficient (Wildman–Crippen LogP) is -0.837. The number of amides is 2. The minimum Gasteiger partial charge on any atom is -0.474 e. The summed E-state index contributed by atoms with van der Waals surface area (Å²) < 4.78 is 0. The number of piperazine rings is 1. The van der Waals surface area contributed by atoms with Gasteiger partial charge in [-0.3, -0.25) is 9.59 Å². The van der Waals surface area contributed by atoms with Gasteiger partial charge in [-0.05, 0) is 12.8 Å². The van der Waals surface area contributed by atoms with Crippen molar-refractivity contribution in [2.75, 3.05) is 39.3 Å². The number of aliphatic carboxylic acids is 1. The highest BCUT2D eigenvalue weighted by Gasteiger charge is 2.33. The number of likely N-dealkylation sites (tertiary alicyclic amines) is 1. The summed E-state index contributed by atoms with van der Waals surface area (Å²) in [4.78, 5) is 37.5. The van der Waals surface area contributed by atoms with E-state index in [9.17, 15) is 14.4 Å². The van der Waals surface area contributed by atoms with E-state index in [0.29, 0.717) is 26.1 Å². The second kappa shape index (κ2) is 7.44. The van der Waals surface area contributed by atoms with Crippen LogP contribution in [0.25, 0.3) is 0 Å². The molecule has 2 N–H and O–H groups in total. The van der Waals surface area contributed by atoms with Crippen molar-refractivity contribution in [3.05, 3.63) is 0 Å². The molecule has 0 bridgehead atoms. The number of carbonyl (C=O) groups is 3. The Balaban J connectivity index is 0.00000200. The van der Waals surface area contributed by atoms with E-state index in [1.54, 1.807) is 4.90 Å². The molecule has 0 aromatic heterocycles. The van der Waals surface area contributed by atoms with Gasteiger partial charge in [-0.25, -0.2) is 4.79 Å². The molecule has 2 heterocycles. The van der Waals surface area contributed by atoms with Gasteiger partial charge >= 0.3 is 11.9 Å². The standard InChI is InChI=1S/C12H19N3O4.ClH/c16-10(14-6-3-13-4-7-14)9-2-1-5-15(8-9)11(17)12(18)19;/h9,13H,1-8H2,(H,18,19);1H. The quantitative estimate of drug-likeness (QED) is 0.617. The molecule has 0 aromatic rings. The number of carboxylic acid groups (broad SMARTS) is 1. The summed E-state index contributed by atoms with van der Waals surface area (Å²) in [7, 11) is 0. The molecule has 0 saturated carbocycles. The Kier molecular flexibility index (Phi) is 6.22. The summed E-state index contributed by atoms with van der Waals surface area (Å²) in [5, 5.41) is 11.9. The third kappa shape index (κ3) is 3.83. The van der Waals surface area contributed by atoms with Crippen LogP contribution in [0.5, 0.6) is 0 Å². The molecule has 8 heteroatoms. The average molecular weight is 306 g/mol. The van der Waals surface area contributed by atoms with Gasteiger partial charge < -0.3 is 20.2 Å². The number of nitrogens with zero attached hydrogens (tertiary/aromatic N) is 2. The van der Waals surface area contributed by atoms with Gasteiger partial charge in [0.1, 0.15) is 0 Å². The number of carbonyl (C=O) groups excluding carboxylic acids is 2. The minimum absolute atomic E-state index is 0. The molecule has 114 valence electrons. The Hall–Kier alpha value is -1.34. The van der Waals surface area contributed by atoms with Gasteiger partial charge in [0, 0.05) is 39.3 Å². The van der Waals surface area contributed by atoms with E-state index in [4.69, 9.17) is 5.11 Å². The minimum atomic E-state index is -1.45. The maximum atomic E-state index is 12.3. The first kappa shape index (κ1) is 16.7. The van der Waals surface area contributed by atoms with E-state index in [2.05, 4.69) is 5.32 Å². The van der Waals surface area contributed by atoms with Crippen LogP contribution >= 0.6 is 12.4 Å². The van der Waals surface area contributed by atoms with Gasteiger partial charge in [-0.1, -0.05) is 0 Å². The molecule has 0 spiro atoms. The van der Waals surface area contributed by atoms with Crippen LogP contribution in [-0.2, 0) is 14.4 Å². The van der Waals surface area contributed by atoms with Crippen LogP contribution in [0, 0.1) is 5.92 Å². The summed E-state index contributed by atoms with van der Waals surface area (Å²) in [6, 6.07) is 0. The molecule has 0 aromatic carbocycles. The summed E-state index contributed by atoms with van der Waals surface area (Å²) in [5.74, 6) is -2.56. The highest BCUT2D eigenvalue weighted by Crippen LogP contribution is 2.19. The topological polar surface area (TPSA) is 90.0 Å². The third-order valence-electron chi connectivity index (χ3n) is 3.67. The van der Waals surface area contributed by atoms with Crippen molar-refractivity contribution in [1.29, 1.82) is 0 Å². The fraction of sp³-hybridized carbons (Fsp3) is 0.750. The lowest BCUT2D eigenvalue weighted by Crippen LogP contribution is -2.52. The lowest BCUT2D eigenvalue weighted by Gasteiger charge is -2.35. The molecule has 0 aliphatic carbocycles. The lowest BCUT2D eigenvalue weighted by atomic mass is 9.96. The van der Waals surface area contributed by atoms with Crippen LogP contribution in [0.2, 0.25) is 0 Å². The molecular weight excluding hydrogens is 286 g/mol. The molecule has 2 saturated heterocycles. The number of hydrogen-bond acceptors (Lipinski definition) is 4. The van der Waals surface area contributed by atoms with Crippen molar-refractivity contribution < 1.29 is 19.5 Å². The van der Waals surface area contributed by atoms with Crippen molar-refractivity contribution in [3.63, 3.8) is 0 Å². The monoisotopic (exact) mass is 305 g/mol. The SMILES string of the molecule is Cl.O=C(O)C(=O)N1CCCC(C(=O)N2CCNCC2)C1. The molecule has 0 radical (unpaired) electrons. The number of piperidine rings is 1. The van der Waals surface area contributed by atoms with E-state index < -0.39 is 11.9 Å². The van der Waals surface area contributed by atoms with E-state index in [0.717, 1.165) is 19.5 Å². The van der Waals surface area contributed by atoms with E-state index in [1.807, 2.05) is 0 Å². The fourth-order valence-corrected chi connectivity index (χ4v) is 2.64. The molecular formula is C12H20ClN3O4. The smallest absolute Gasteiger partial charge is 0.394 e. The first-order valence-electron chi connectivity index (χ1n) is 6.61. The van der Waals surface area contributed by atoms with Gasteiger partial charge in [-0.15, -0.1) is 12.4 Å². The van der Waals surface area contributed by atoms with Gasteiger partial charge in [0.15, 0.2) is 0 Å². The lowest BCUT2D eigenvalue weighted by molar-refractivity contribution is -0.157. The molecule has 7 nitrogen and oxygen atoms in total. The van der Waals surface area contributed by atoms with Crippen LogP contribution in [-0.4, -0.2) is 72.0 Å². The number of hydrogen-bond donors (Lipinski definition) is 2. The summed E-state index contributed by atoms with van der Waals surface area (Å²) in [6.07, 6.45) is 1.41. The van der Waals surface area contributed by atoms with Gasteiger partial charge in [-0.2, -0.15) is 0 Å². The average Bonchev–Trinajstić information content (AvgIpc) is 2.46. The van der Waals surface area contributed by atoms with Gasteiger partial charge in [0.2, 0.25) is 5.91 Å². The third-order valence-corrected chi connectivity index (χ3v) is 3.67. The Morgan fingerprint density at radius 2 is 1.70 bits per heavy atom. The second-order valence-electron chi connectivity index (χ2n) is 4.97. The van der Waals surface area contributed by atoms with Gasteiger partial charge in [0.05, 0.1) is 5.92 Å². The zero-order valence-electron chi connectivity index (χ0n) is 11.2. The maximum absolute atomic E-state index is 12.3. The van der Waals surface area contributed by atoms with Crippen molar-refractivity contribution in [2.24, 2.45) is 5.92 Å². The largest absolute Gasteiger partial charge is 0.474 e. The molecule has 2 amide bonds. The normalized spacial score (nSPS) is 22.9. The highest BCUT2D eigenvalue weighted by atomic mass is 35.5. The zero-order chi connectivity index (χ0) is 13.8. The highest BCUT2D eigenvalue weighted by molar-refractivity contribution is 6.31. The molecule has 2 rings (SSSR count). The Morgan fingerprint density at radius 1 is 1.05 bits per heavy atom. The fourth-order valence-electron chi connectivity index (χ4n) is 2.64. The summed E-state index contributed by atoms with van der Waals surface area (Å²) in [6.45, 7) is 3.60. The molecule has 2 aliphatic rings. The van der Waals surface area contributed by atoms with Crippen molar-refractivity contribution >= 4 is 30.2 Å². The number of halogens is 1. The van der Waals surface area contributed by atoms with E-state index in [1.165, 1.54) is 4.90 Å². The molecule has 20 heavy (non-hydrogen) atoms. The Bertz CT molecular complexity index is 385. The van der Waals surface area contributed by atoms with Crippen LogP contribution in [0.3, 0.4) is 0 Å². The molecule has 2 fully saturated rings. The van der Waals surface area contributed by atoms with E-state index >= 15 is 0 Å². The van der Waals surface area contributed by atoms with Crippen LogP contribution in [0.15, 0.2) is 0 Å². The van der Waals surface area contributed by atoms with Crippen molar-refractivity contribution in [2.45, 2.75) is 12.8 Å². The van der Waals surface area contributed by atoms with Crippen LogP contribution in [0.4, 0.5) is 0 Å². The summed E-state index contributed by atoms with van der Waals surface area (Å²) in [5.41, 5.74) is 0. The maximum Gasteiger partial charge on any atom is 0.394 e. The first-order chi connectivity index (χ1) is 9.09. The van der Waals surface area contributed by atoms with Crippen molar-refractivity contribution in [3.8, 4) is 0 Å². The predicted molar refractivity (Wildman–Crippen MR) is 73.6 cm³/mol. The van der Waals surface area contributed by atoms with Crippen LogP contribution in [0.1, 0.15) is 12.8 Å². The molecule has 1 unspecified atom stereocenters. The number of nitrogens with one attached hydrogen (secondary N) is 1. The van der Waals surface area contributed by atoms with Crippen LogP contribution < -0.4 is 5.32 Å². The zero-order valence-corrected chi connectivity index (χ0v) is 12.0. The summed E-state index contributed by atoms with van der Waals surface area (Å²) >= 11 is 0. The van der Waals surface area contributed by atoms with E-state index in [-0.39, 0.29) is 30.8 Å². The van der Waals surface area contributed by atoms with Crippen molar-refractivity contribution in [1.82, 2.24) is 15.1 Å². The number of rotatable bonds is 1. The number of carboxylic acids is 1. The molecule has 1 atom stereocenters. The Labute approximate surface area is 123 Å². The van der Waals surface area contributed by atoms with Gasteiger partial charge in [0.25, 0.3) is 0 Å². The molecule has 2 aliphatic heterocycles. The second-order valence-corrected chi connectivity index (χ2v) is 4.97. The first-order valence-corrected chi connectivity index (χ1v) is 6.61. The Morgan fingerprint density at radius 3 is 2.30 bits per heavy atom.